The first-order chi connectivity index (χ1) is 29.0. The Morgan fingerprint density at radius 2 is 0.661 bits per heavy atom. The summed E-state index contributed by atoms with van der Waals surface area (Å²) in [6.07, 6.45) is 0. The molecule has 0 radical (unpaired) electrons. The van der Waals surface area contributed by atoms with Crippen LogP contribution in [-0.2, 0) is 5.41 Å². The average molecular weight is 747 g/mol. The Labute approximate surface area is 342 Å². The van der Waals surface area contributed by atoms with Gasteiger partial charge in [-0.25, -0.2) is 0 Å². The van der Waals surface area contributed by atoms with Crippen LogP contribution in [0, 0.1) is 0 Å². The van der Waals surface area contributed by atoms with Gasteiger partial charge in [-0.3, -0.25) is 0 Å². The van der Waals surface area contributed by atoms with Gasteiger partial charge in [0.05, 0.1) is 0 Å². The first kappa shape index (κ1) is 32.8. The average Bonchev–Trinajstić information content (AvgIpc) is 3.52. The minimum Gasteiger partial charge on any atom is -0.0616 e. The predicted molar refractivity (Wildman–Crippen MR) is 255 cm³/mol. The molecule has 274 valence electrons. The van der Waals surface area contributed by atoms with Gasteiger partial charge in [0.15, 0.2) is 0 Å². The summed E-state index contributed by atoms with van der Waals surface area (Å²) in [4.78, 5) is 0. The van der Waals surface area contributed by atoms with Crippen molar-refractivity contribution in [2.24, 2.45) is 0 Å². The van der Waals surface area contributed by atoms with Crippen LogP contribution in [0.15, 0.2) is 194 Å². The van der Waals surface area contributed by atoms with Crippen LogP contribution in [0.3, 0.4) is 0 Å². The van der Waals surface area contributed by atoms with Gasteiger partial charge in [0.25, 0.3) is 0 Å². The second kappa shape index (κ2) is 11.9. The summed E-state index contributed by atoms with van der Waals surface area (Å²) < 4.78 is 0. The molecule has 1 aliphatic carbocycles. The Kier molecular flexibility index (Phi) is 6.60. The molecule has 0 nitrogen and oxygen atoms in total. The molecule has 0 unspecified atom stereocenters. The van der Waals surface area contributed by atoms with E-state index < -0.39 is 0 Å². The molecule has 0 aliphatic heterocycles. The molecular weight excluding hydrogens is 709 g/mol. The molecule has 0 fully saturated rings. The maximum Gasteiger partial charge on any atom is 0.0159 e. The van der Waals surface area contributed by atoms with Crippen LogP contribution in [0.1, 0.15) is 25.0 Å². The van der Waals surface area contributed by atoms with Gasteiger partial charge in [0.1, 0.15) is 0 Å². The van der Waals surface area contributed by atoms with E-state index in [0.29, 0.717) is 0 Å². The second-order valence-corrected chi connectivity index (χ2v) is 17.1. The van der Waals surface area contributed by atoms with Gasteiger partial charge >= 0.3 is 0 Å². The van der Waals surface area contributed by atoms with E-state index in [4.69, 9.17) is 0 Å². The highest BCUT2D eigenvalue weighted by Crippen LogP contribution is 2.52. The Bertz CT molecular complexity index is 3800. The molecule has 0 aromatic heterocycles. The second-order valence-electron chi connectivity index (χ2n) is 17.1. The summed E-state index contributed by atoms with van der Waals surface area (Å²) in [7, 11) is 0. The third kappa shape index (κ3) is 4.49. The molecule has 0 saturated heterocycles. The fourth-order valence-corrected chi connectivity index (χ4v) is 11.0. The number of rotatable bonds is 2. The standard InChI is InChI=1S/C59H38/c1-59(2)54-32-37(51-31-39-26-25-36-24-23-35-13-3-4-14-40(35)56(36)57(39)48-20-10-8-18-44(48)51)27-29-46(54)47-30-28-38(33-55(47)59)52-34-53-43-17-6-5-15-41(43)42-16-7-11-21-49(42)58(53)50-22-12-9-19-45(50)52/h3-34H,1-2H3. The van der Waals surface area contributed by atoms with Crippen LogP contribution in [-0.4, -0.2) is 0 Å². The number of fused-ring (bicyclic) bond motifs is 18. The summed E-state index contributed by atoms with van der Waals surface area (Å²) in [5.74, 6) is 0. The third-order valence-electron chi connectivity index (χ3n) is 13.8. The topological polar surface area (TPSA) is 0 Å². The number of hydrogen-bond acceptors (Lipinski definition) is 0. The van der Waals surface area contributed by atoms with Crippen LogP contribution in [0.4, 0.5) is 0 Å². The van der Waals surface area contributed by atoms with E-state index in [1.54, 1.807) is 0 Å². The Hall–Kier alpha value is -7.28. The quantitative estimate of drug-likeness (QED) is 0.155. The molecule has 0 saturated carbocycles. The first-order valence-corrected chi connectivity index (χ1v) is 20.8. The molecule has 13 rings (SSSR count). The molecule has 0 heterocycles. The van der Waals surface area contributed by atoms with Crippen molar-refractivity contribution in [3.8, 4) is 33.4 Å². The highest BCUT2D eigenvalue weighted by molar-refractivity contribution is 6.33. The molecule has 1 aliphatic rings. The normalized spacial score (nSPS) is 13.4. The van der Waals surface area contributed by atoms with Gasteiger partial charge in [-0.15, -0.1) is 0 Å². The summed E-state index contributed by atoms with van der Waals surface area (Å²) in [5.41, 5.74) is 10.4. The van der Waals surface area contributed by atoms with E-state index in [0.717, 1.165) is 0 Å². The van der Waals surface area contributed by atoms with Gasteiger partial charge in [-0.1, -0.05) is 184 Å². The van der Waals surface area contributed by atoms with Crippen LogP contribution in [0.5, 0.6) is 0 Å². The molecule has 0 amide bonds. The predicted octanol–water partition coefficient (Wildman–Crippen LogP) is 16.6. The van der Waals surface area contributed by atoms with E-state index >= 15 is 0 Å². The minimum absolute atomic E-state index is 0.187. The number of benzene rings is 12. The minimum atomic E-state index is -0.187. The monoisotopic (exact) mass is 746 g/mol. The number of hydrogen-bond donors (Lipinski definition) is 0. The summed E-state index contributed by atoms with van der Waals surface area (Å²) >= 11 is 0. The highest BCUT2D eigenvalue weighted by Gasteiger charge is 2.36. The van der Waals surface area contributed by atoms with E-state index in [9.17, 15) is 0 Å². The summed E-state index contributed by atoms with van der Waals surface area (Å²) in [6, 6.07) is 73.2. The summed E-state index contributed by atoms with van der Waals surface area (Å²) in [5, 5.41) is 20.9. The third-order valence-corrected chi connectivity index (χ3v) is 13.8. The molecule has 0 atom stereocenters. The van der Waals surface area contributed by atoms with E-state index in [-0.39, 0.29) is 5.41 Å². The van der Waals surface area contributed by atoms with Gasteiger partial charge in [-0.05, 0) is 155 Å². The van der Waals surface area contributed by atoms with Gasteiger partial charge in [0, 0.05) is 5.41 Å². The Morgan fingerprint density at radius 3 is 1.27 bits per heavy atom. The van der Waals surface area contributed by atoms with Gasteiger partial charge in [0.2, 0.25) is 0 Å². The molecule has 12 aromatic rings. The SMILES string of the molecule is CC1(C)c2cc(-c3cc4c5ccccc5c5ccccc5c4c4ccccc34)ccc2-c2ccc(-c3cc4ccc5ccc6ccccc6c5c4c4ccccc34)cc21. The smallest absolute Gasteiger partial charge is 0.0159 e. The maximum absolute atomic E-state index is 2.49. The maximum atomic E-state index is 2.49. The van der Waals surface area contributed by atoms with Crippen molar-refractivity contribution in [3.05, 3.63) is 205 Å². The highest BCUT2D eigenvalue weighted by atomic mass is 14.4. The van der Waals surface area contributed by atoms with Crippen molar-refractivity contribution in [2.75, 3.05) is 0 Å². The van der Waals surface area contributed by atoms with Crippen molar-refractivity contribution in [3.63, 3.8) is 0 Å². The Morgan fingerprint density at radius 1 is 0.254 bits per heavy atom. The molecule has 0 bridgehead atoms. The molecule has 0 N–H and O–H groups in total. The lowest BCUT2D eigenvalue weighted by molar-refractivity contribution is 0.661. The van der Waals surface area contributed by atoms with Crippen molar-refractivity contribution < 1.29 is 0 Å². The zero-order valence-corrected chi connectivity index (χ0v) is 33.0. The molecule has 0 spiro atoms. The summed E-state index contributed by atoms with van der Waals surface area (Å²) in [6.45, 7) is 4.83. The van der Waals surface area contributed by atoms with Gasteiger partial charge < -0.3 is 0 Å². The molecule has 12 aromatic carbocycles. The van der Waals surface area contributed by atoms with Crippen molar-refractivity contribution in [2.45, 2.75) is 19.3 Å². The van der Waals surface area contributed by atoms with Crippen LogP contribution in [0.25, 0.3) is 120 Å². The lowest BCUT2D eigenvalue weighted by atomic mass is 9.80. The first-order valence-electron chi connectivity index (χ1n) is 20.8. The lowest BCUT2D eigenvalue weighted by Gasteiger charge is -2.23. The fourth-order valence-electron chi connectivity index (χ4n) is 11.0. The zero-order chi connectivity index (χ0) is 39.0. The van der Waals surface area contributed by atoms with Crippen molar-refractivity contribution in [1.29, 1.82) is 0 Å². The zero-order valence-electron chi connectivity index (χ0n) is 33.0. The lowest BCUT2D eigenvalue weighted by Crippen LogP contribution is -2.15. The Balaban J connectivity index is 0.992. The molecule has 59 heavy (non-hydrogen) atoms. The van der Waals surface area contributed by atoms with Crippen molar-refractivity contribution >= 4 is 86.2 Å². The van der Waals surface area contributed by atoms with E-state index in [2.05, 4.69) is 208 Å². The van der Waals surface area contributed by atoms with Crippen LogP contribution in [0.2, 0.25) is 0 Å². The van der Waals surface area contributed by atoms with Gasteiger partial charge in [-0.2, -0.15) is 0 Å². The van der Waals surface area contributed by atoms with Crippen LogP contribution < -0.4 is 0 Å². The van der Waals surface area contributed by atoms with Crippen molar-refractivity contribution in [1.82, 2.24) is 0 Å². The van der Waals surface area contributed by atoms with E-state index in [1.165, 1.54) is 131 Å². The van der Waals surface area contributed by atoms with Crippen LogP contribution >= 0.6 is 0 Å². The van der Waals surface area contributed by atoms with E-state index in [1.807, 2.05) is 0 Å². The fraction of sp³-hybridized carbons (Fsp3) is 0.0508. The molecular formula is C59H38. The largest absolute Gasteiger partial charge is 0.0616 e. The molecule has 0 heteroatoms.